The Hall–Kier alpha value is -7.62. The van der Waals surface area contributed by atoms with Gasteiger partial charge in [-0.25, -0.2) is 0 Å². The molecule has 1 aliphatic rings. The van der Waals surface area contributed by atoms with Crippen molar-refractivity contribution in [3.63, 3.8) is 0 Å². The minimum atomic E-state index is -0.209. The van der Waals surface area contributed by atoms with Crippen LogP contribution in [0.5, 0.6) is 0 Å². The van der Waals surface area contributed by atoms with E-state index in [0.29, 0.717) is 0 Å². The second-order valence-corrected chi connectivity index (χ2v) is 16.3. The molecule has 0 fully saturated rings. The molecule has 0 amide bonds. The monoisotopic (exact) mass is 783 g/mol. The zero-order valence-electron chi connectivity index (χ0n) is 34.4. The van der Waals surface area contributed by atoms with Gasteiger partial charge >= 0.3 is 0 Å². The number of benzene rings is 9. The Labute approximate surface area is 359 Å². The molecule has 61 heavy (non-hydrogen) atoms. The maximum Gasteiger partial charge on any atom is 0.121 e. The highest BCUT2D eigenvalue weighted by molar-refractivity contribution is 5.86. The van der Waals surface area contributed by atoms with E-state index in [2.05, 4.69) is 237 Å². The van der Waals surface area contributed by atoms with Gasteiger partial charge < -0.3 is 4.90 Å². The Morgan fingerprint density at radius 3 is 1.18 bits per heavy atom. The molecule has 1 aliphatic carbocycles. The molecule has 3 nitrogen and oxygen atoms in total. The number of azo groups is 1. The summed E-state index contributed by atoms with van der Waals surface area (Å²) < 4.78 is 0. The van der Waals surface area contributed by atoms with Crippen LogP contribution in [-0.4, -0.2) is 0 Å². The van der Waals surface area contributed by atoms with Crippen LogP contribution in [0.2, 0.25) is 0 Å². The third-order valence-corrected chi connectivity index (χ3v) is 12.1. The van der Waals surface area contributed by atoms with Gasteiger partial charge in [0.1, 0.15) is 6.04 Å². The van der Waals surface area contributed by atoms with Gasteiger partial charge in [-0.3, -0.25) is 0 Å². The summed E-state index contributed by atoms with van der Waals surface area (Å²) in [4.78, 5) is 2.34. The van der Waals surface area contributed by atoms with Gasteiger partial charge in [0.25, 0.3) is 0 Å². The Morgan fingerprint density at radius 2 is 0.721 bits per heavy atom. The van der Waals surface area contributed by atoms with Crippen molar-refractivity contribution in [2.24, 2.45) is 10.2 Å². The number of fused-ring (bicyclic) bond motifs is 3. The van der Waals surface area contributed by atoms with Gasteiger partial charge in [-0.15, -0.1) is 0 Å². The molecule has 0 N–H and O–H groups in total. The van der Waals surface area contributed by atoms with Crippen molar-refractivity contribution in [1.29, 1.82) is 0 Å². The molecule has 0 aliphatic heterocycles. The molecule has 10 rings (SSSR count). The first-order valence-corrected chi connectivity index (χ1v) is 21.0. The molecular weight excluding hydrogens is 739 g/mol. The molecule has 0 unspecified atom stereocenters. The van der Waals surface area contributed by atoms with Crippen molar-refractivity contribution in [1.82, 2.24) is 0 Å². The quantitative estimate of drug-likeness (QED) is 0.127. The normalized spacial score (nSPS) is 12.6. The average molecular weight is 784 g/mol. The molecule has 0 atom stereocenters. The third-order valence-electron chi connectivity index (χ3n) is 12.1. The van der Waals surface area contributed by atoms with Crippen LogP contribution < -0.4 is 4.90 Å². The standard InChI is InChI=1S/C58H45N3/c1-58(2)55-39-48(29-37-53(55)54-38-30-49(40-56(54)58)59-60-57(46-19-11-5-12-20-46)47-21-13-6-14-22-47)45-27-35-52(36-28-45)61(50-31-23-43(24-32-50)41-15-7-3-8-16-41)51-33-25-44(26-34-51)42-17-9-4-10-18-42/h3-40,57H,1-2H3. The van der Waals surface area contributed by atoms with E-state index in [4.69, 9.17) is 10.2 Å². The molecule has 9 aromatic carbocycles. The predicted octanol–water partition coefficient (Wildman–Crippen LogP) is 16.3. The van der Waals surface area contributed by atoms with E-state index in [1.54, 1.807) is 0 Å². The third kappa shape index (κ3) is 7.47. The number of hydrogen-bond donors (Lipinski definition) is 0. The molecule has 3 heteroatoms. The van der Waals surface area contributed by atoms with Crippen LogP contribution in [0.25, 0.3) is 44.5 Å². The van der Waals surface area contributed by atoms with E-state index in [9.17, 15) is 0 Å². The van der Waals surface area contributed by atoms with Crippen LogP contribution in [0, 0.1) is 0 Å². The van der Waals surface area contributed by atoms with Gasteiger partial charge in [-0.05, 0) is 121 Å². The zero-order chi connectivity index (χ0) is 41.2. The summed E-state index contributed by atoms with van der Waals surface area (Å²) in [6.45, 7) is 4.65. The zero-order valence-corrected chi connectivity index (χ0v) is 34.4. The summed E-state index contributed by atoms with van der Waals surface area (Å²) in [7, 11) is 0. The van der Waals surface area contributed by atoms with E-state index in [-0.39, 0.29) is 11.5 Å². The predicted molar refractivity (Wildman–Crippen MR) is 254 cm³/mol. The van der Waals surface area contributed by atoms with Gasteiger partial charge in [-0.1, -0.05) is 190 Å². The Morgan fingerprint density at radius 1 is 0.361 bits per heavy atom. The maximum absolute atomic E-state index is 4.92. The van der Waals surface area contributed by atoms with Crippen LogP contribution in [0.15, 0.2) is 241 Å². The number of anilines is 3. The lowest BCUT2D eigenvalue weighted by Crippen LogP contribution is -2.15. The highest BCUT2D eigenvalue weighted by Crippen LogP contribution is 2.51. The van der Waals surface area contributed by atoms with E-state index in [1.165, 1.54) is 55.6 Å². The Balaban J connectivity index is 0.944. The first-order chi connectivity index (χ1) is 30.0. The van der Waals surface area contributed by atoms with Crippen molar-refractivity contribution in [2.45, 2.75) is 25.3 Å². The fraction of sp³-hybridized carbons (Fsp3) is 0.0690. The summed E-state index contributed by atoms with van der Waals surface area (Å²) >= 11 is 0. The Kier molecular flexibility index (Phi) is 10.00. The van der Waals surface area contributed by atoms with Crippen LogP contribution in [0.1, 0.15) is 42.1 Å². The molecule has 292 valence electrons. The lowest BCUT2D eigenvalue weighted by molar-refractivity contribution is 0.660. The van der Waals surface area contributed by atoms with Crippen LogP contribution in [0.4, 0.5) is 22.7 Å². The smallest absolute Gasteiger partial charge is 0.121 e. The van der Waals surface area contributed by atoms with Crippen LogP contribution >= 0.6 is 0 Å². The average Bonchev–Trinajstić information content (AvgIpc) is 3.55. The molecule has 0 bridgehead atoms. The summed E-state index contributed by atoms with van der Waals surface area (Å²) in [6, 6.07) is 82.0. The molecule has 0 heterocycles. The van der Waals surface area contributed by atoms with Crippen LogP contribution in [-0.2, 0) is 5.41 Å². The summed E-state index contributed by atoms with van der Waals surface area (Å²) in [6.07, 6.45) is 0. The van der Waals surface area contributed by atoms with E-state index in [1.807, 2.05) is 12.1 Å². The molecule has 0 spiro atoms. The molecule has 9 aromatic rings. The first-order valence-electron chi connectivity index (χ1n) is 21.0. The number of hydrogen-bond acceptors (Lipinski definition) is 3. The van der Waals surface area contributed by atoms with E-state index < -0.39 is 0 Å². The fourth-order valence-corrected chi connectivity index (χ4v) is 8.81. The highest BCUT2D eigenvalue weighted by Gasteiger charge is 2.36. The fourth-order valence-electron chi connectivity index (χ4n) is 8.81. The Bertz CT molecular complexity index is 2820. The van der Waals surface area contributed by atoms with Gasteiger partial charge in [0, 0.05) is 22.5 Å². The minimum absolute atomic E-state index is 0.178. The maximum atomic E-state index is 4.92. The number of nitrogens with zero attached hydrogens (tertiary/aromatic N) is 3. The van der Waals surface area contributed by atoms with Crippen molar-refractivity contribution < 1.29 is 0 Å². The summed E-state index contributed by atoms with van der Waals surface area (Å²) in [5.74, 6) is 0. The number of rotatable bonds is 10. The molecule has 0 aromatic heterocycles. The molecule has 0 saturated carbocycles. The van der Waals surface area contributed by atoms with E-state index in [0.717, 1.165) is 33.9 Å². The van der Waals surface area contributed by atoms with Gasteiger partial charge in [0.2, 0.25) is 0 Å². The van der Waals surface area contributed by atoms with Crippen molar-refractivity contribution in [3.8, 4) is 44.5 Å². The first kappa shape index (κ1) is 37.6. The van der Waals surface area contributed by atoms with E-state index >= 15 is 0 Å². The molecule has 0 saturated heterocycles. The SMILES string of the molecule is CC1(C)c2cc(N=NC(c3ccccc3)c3ccccc3)ccc2-c2ccc(-c3ccc(N(c4ccc(-c5ccccc5)cc4)c4ccc(-c5ccccc5)cc4)cc3)cc21. The van der Waals surface area contributed by atoms with Crippen LogP contribution in [0.3, 0.4) is 0 Å². The highest BCUT2D eigenvalue weighted by atomic mass is 15.1. The summed E-state index contributed by atoms with van der Waals surface area (Å²) in [5, 5.41) is 9.78. The second kappa shape index (κ2) is 16.2. The summed E-state index contributed by atoms with van der Waals surface area (Å²) in [5.41, 5.74) is 18.5. The minimum Gasteiger partial charge on any atom is -0.311 e. The largest absolute Gasteiger partial charge is 0.311 e. The molecule has 0 radical (unpaired) electrons. The van der Waals surface area contributed by atoms with Gasteiger partial charge in [0.05, 0.1) is 5.69 Å². The molecular formula is C58H45N3. The second-order valence-electron chi connectivity index (χ2n) is 16.3. The van der Waals surface area contributed by atoms with Gasteiger partial charge in [-0.2, -0.15) is 10.2 Å². The topological polar surface area (TPSA) is 28.0 Å². The van der Waals surface area contributed by atoms with Crippen molar-refractivity contribution in [3.05, 3.63) is 253 Å². The van der Waals surface area contributed by atoms with Gasteiger partial charge in [0.15, 0.2) is 0 Å². The van der Waals surface area contributed by atoms with Crippen molar-refractivity contribution >= 4 is 22.7 Å². The van der Waals surface area contributed by atoms with Crippen molar-refractivity contribution in [2.75, 3.05) is 4.90 Å². The lowest BCUT2D eigenvalue weighted by atomic mass is 9.81. The lowest BCUT2D eigenvalue weighted by Gasteiger charge is -2.26.